The summed E-state index contributed by atoms with van der Waals surface area (Å²) in [6.45, 7) is 4.50. The van der Waals surface area contributed by atoms with Crippen LogP contribution in [0.3, 0.4) is 0 Å². The lowest BCUT2D eigenvalue weighted by atomic mass is 10.1. The van der Waals surface area contributed by atoms with Gasteiger partial charge in [-0.05, 0) is 65.7 Å². The molecule has 2 rings (SSSR count). The van der Waals surface area contributed by atoms with Crippen LogP contribution in [0.1, 0.15) is 31.0 Å². The Hall–Kier alpha value is -2.05. The van der Waals surface area contributed by atoms with Crippen LogP contribution < -0.4 is 20.1 Å². The van der Waals surface area contributed by atoms with E-state index in [1.54, 1.807) is 14.2 Å². The second kappa shape index (κ2) is 9.59. The summed E-state index contributed by atoms with van der Waals surface area (Å²) in [5, 5.41) is 5.04. The minimum absolute atomic E-state index is 0.0141. The standard InChI is InChI=1S/C20H25BrN2O3/c1-13(16-7-10-19(26-4)18(21)11-16)23-14(2)20(24)22-12-15-5-8-17(25-3)9-6-15/h5-11,13-14,23H,12H2,1-4H3,(H,22,24)/p+1/t13-,14+/m1/s1. The SMILES string of the molecule is COc1ccc(CNC(=O)[C@H](C)[NH2+][C@H](C)c2ccc(OC)c(Br)c2)cc1. The molecular formula is C20H26BrN2O3+. The van der Waals surface area contributed by atoms with Crippen molar-refractivity contribution < 1.29 is 19.6 Å². The van der Waals surface area contributed by atoms with Crippen LogP contribution in [0.4, 0.5) is 0 Å². The van der Waals surface area contributed by atoms with E-state index in [2.05, 4.69) is 33.5 Å². The number of carbonyl (C=O) groups is 1. The van der Waals surface area contributed by atoms with E-state index < -0.39 is 0 Å². The Morgan fingerprint density at radius 1 is 1.12 bits per heavy atom. The lowest BCUT2D eigenvalue weighted by Gasteiger charge is -2.17. The third kappa shape index (κ3) is 5.47. The zero-order valence-electron chi connectivity index (χ0n) is 15.6. The number of rotatable bonds is 8. The maximum absolute atomic E-state index is 12.4. The summed E-state index contributed by atoms with van der Waals surface area (Å²) in [4.78, 5) is 12.4. The molecule has 26 heavy (non-hydrogen) atoms. The Morgan fingerprint density at radius 2 is 1.81 bits per heavy atom. The number of quaternary nitrogens is 1. The molecule has 0 saturated heterocycles. The monoisotopic (exact) mass is 421 g/mol. The Morgan fingerprint density at radius 3 is 2.38 bits per heavy atom. The van der Waals surface area contributed by atoms with Crippen molar-refractivity contribution in [3.8, 4) is 11.5 Å². The van der Waals surface area contributed by atoms with Crippen LogP contribution in [0.2, 0.25) is 0 Å². The highest BCUT2D eigenvalue weighted by atomic mass is 79.9. The van der Waals surface area contributed by atoms with Crippen molar-refractivity contribution in [1.82, 2.24) is 5.32 Å². The zero-order valence-corrected chi connectivity index (χ0v) is 17.2. The minimum atomic E-state index is -0.191. The molecule has 0 saturated carbocycles. The van der Waals surface area contributed by atoms with Gasteiger partial charge < -0.3 is 20.1 Å². The third-order valence-corrected chi connectivity index (χ3v) is 4.94. The molecule has 0 radical (unpaired) electrons. The van der Waals surface area contributed by atoms with Gasteiger partial charge in [0.25, 0.3) is 5.91 Å². The summed E-state index contributed by atoms with van der Waals surface area (Å²) in [5.41, 5.74) is 2.17. The highest BCUT2D eigenvalue weighted by Gasteiger charge is 2.20. The lowest BCUT2D eigenvalue weighted by Crippen LogP contribution is -2.92. The maximum Gasteiger partial charge on any atom is 0.278 e. The number of amides is 1. The molecule has 0 spiro atoms. The molecule has 140 valence electrons. The number of methoxy groups -OCH3 is 2. The molecule has 1 amide bonds. The number of nitrogens with one attached hydrogen (secondary N) is 1. The largest absolute Gasteiger partial charge is 0.497 e. The number of hydrogen-bond acceptors (Lipinski definition) is 3. The Labute approximate surface area is 163 Å². The molecule has 5 nitrogen and oxygen atoms in total. The number of benzene rings is 2. The van der Waals surface area contributed by atoms with E-state index in [9.17, 15) is 4.79 Å². The molecule has 0 bridgehead atoms. The fourth-order valence-corrected chi connectivity index (χ4v) is 3.25. The van der Waals surface area contributed by atoms with E-state index >= 15 is 0 Å². The first-order valence-corrected chi connectivity index (χ1v) is 9.33. The molecule has 6 heteroatoms. The predicted octanol–water partition coefficient (Wildman–Crippen LogP) is 2.80. The normalized spacial score (nSPS) is 13.0. The summed E-state index contributed by atoms with van der Waals surface area (Å²) in [6, 6.07) is 13.6. The van der Waals surface area contributed by atoms with Gasteiger partial charge in [-0.15, -0.1) is 0 Å². The fourth-order valence-electron chi connectivity index (χ4n) is 2.69. The van der Waals surface area contributed by atoms with E-state index in [0.717, 1.165) is 27.1 Å². The van der Waals surface area contributed by atoms with Gasteiger partial charge in [-0.25, -0.2) is 0 Å². The van der Waals surface area contributed by atoms with Gasteiger partial charge in [-0.3, -0.25) is 4.79 Å². The number of nitrogens with two attached hydrogens (primary N) is 1. The Balaban J connectivity index is 1.88. The highest BCUT2D eigenvalue weighted by molar-refractivity contribution is 9.10. The van der Waals surface area contributed by atoms with Gasteiger partial charge >= 0.3 is 0 Å². The van der Waals surface area contributed by atoms with Gasteiger partial charge in [0.15, 0.2) is 6.04 Å². The second-order valence-corrected chi connectivity index (χ2v) is 7.08. The van der Waals surface area contributed by atoms with Gasteiger partial charge in [-0.1, -0.05) is 12.1 Å². The van der Waals surface area contributed by atoms with Crippen LogP contribution in [0.25, 0.3) is 0 Å². The lowest BCUT2D eigenvalue weighted by molar-refractivity contribution is -0.710. The molecule has 0 aliphatic heterocycles. The van der Waals surface area contributed by atoms with Crippen LogP contribution in [0.5, 0.6) is 11.5 Å². The summed E-state index contributed by atoms with van der Waals surface area (Å²) in [6.07, 6.45) is 0. The van der Waals surface area contributed by atoms with Crippen molar-refractivity contribution in [1.29, 1.82) is 0 Å². The van der Waals surface area contributed by atoms with E-state index in [4.69, 9.17) is 9.47 Å². The van der Waals surface area contributed by atoms with Crippen LogP contribution in [0.15, 0.2) is 46.9 Å². The quantitative estimate of drug-likeness (QED) is 0.688. The molecule has 0 aromatic heterocycles. The average molecular weight is 422 g/mol. The highest BCUT2D eigenvalue weighted by Crippen LogP contribution is 2.27. The van der Waals surface area contributed by atoms with Crippen molar-refractivity contribution in [3.63, 3.8) is 0 Å². The van der Waals surface area contributed by atoms with Gasteiger partial charge in [0.2, 0.25) is 0 Å². The van der Waals surface area contributed by atoms with Crippen LogP contribution in [-0.2, 0) is 11.3 Å². The van der Waals surface area contributed by atoms with Crippen molar-refractivity contribution in [2.24, 2.45) is 0 Å². The molecule has 2 aromatic rings. The molecule has 3 N–H and O–H groups in total. The van der Waals surface area contributed by atoms with Crippen LogP contribution in [-0.4, -0.2) is 26.2 Å². The molecule has 2 aromatic carbocycles. The van der Waals surface area contributed by atoms with Gasteiger partial charge in [0, 0.05) is 12.1 Å². The smallest absolute Gasteiger partial charge is 0.278 e. The molecular weight excluding hydrogens is 396 g/mol. The molecule has 0 fully saturated rings. The van der Waals surface area contributed by atoms with Crippen molar-refractivity contribution in [2.45, 2.75) is 32.5 Å². The van der Waals surface area contributed by atoms with E-state index in [-0.39, 0.29) is 18.0 Å². The number of halogens is 1. The summed E-state index contributed by atoms with van der Waals surface area (Å²) in [7, 11) is 3.28. The van der Waals surface area contributed by atoms with E-state index in [1.165, 1.54) is 0 Å². The van der Waals surface area contributed by atoms with E-state index in [1.807, 2.05) is 49.4 Å². The Kier molecular flexibility index (Phi) is 7.48. The van der Waals surface area contributed by atoms with Gasteiger partial charge in [0.05, 0.1) is 18.7 Å². The van der Waals surface area contributed by atoms with Crippen molar-refractivity contribution >= 4 is 21.8 Å². The summed E-state index contributed by atoms with van der Waals surface area (Å²) < 4.78 is 11.3. The minimum Gasteiger partial charge on any atom is -0.497 e. The Bertz CT molecular complexity index is 734. The fraction of sp³-hybridized carbons (Fsp3) is 0.350. The first-order chi connectivity index (χ1) is 12.4. The van der Waals surface area contributed by atoms with Crippen LogP contribution in [0, 0.1) is 0 Å². The van der Waals surface area contributed by atoms with Gasteiger partial charge in [0.1, 0.15) is 17.5 Å². The predicted molar refractivity (Wildman–Crippen MR) is 105 cm³/mol. The molecule has 0 heterocycles. The van der Waals surface area contributed by atoms with Gasteiger partial charge in [-0.2, -0.15) is 0 Å². The third-order valence-electron chi connectivity index (χ3n) is 4.32. The molecule has 2 atom stereocenters. The molecule has 0 aliphatic carbocycles. The second-order valence-electron chi connectivity index (χ2n) is 6.23. The van der Waals surface area contributed by atoms with E-state index in [0.29, 0.717) is 6.54 Å². The topological polar surface area (TPSA) is 64.2 Å². The maximum atomic E-state index is 12.4. The first-order valence-electron chi connectivity index (χ1n) is 8.53. The summed E-state index contributed by atoms with van der Waals surface area (Å²) >= 11 is 3.50. The number of hydrogen-bond donors (Lipinski definition) is 2. The first kappa shape index (κ1) is 20.3. The average Bonchev–Trinajstić information content (AvgIpc) is 2.66. The zero-order chi connectivity index (χ0) is 19.1. The van der Waals surface area contributed by atoms with Crippen molar-refractivity contribution in [3.05, 3.63) is 58.1 Å². The van der Waals surface area contributed by atoms with Crippen LogP contribution >= 0.6 is 15.9 Å². The molecule has 0 aliphatic rings. The number of ether oxygens (including phenoxy) is 2. The molecule has 0 unspecified atom stereocenters. The number of carbonyl (C=O) groups excluding carboxylic acids is 1. The summed E-state index contributed by atoms with van der Waals surface area (Å²) in [5.74, 6) is 1.62. The van der Waals surface area contributed by atoms with Crippen molar-refractivity contribution in [2.75, 3.05) is 14.2 Å².